The molecule has 0 bridgehead atoms. The molecular weight excluding hydrogens is 277 g/mol. The minimum atomic E-state index is -4.45. The number of rotatable bonds is 3. The van der Waals surface area contributed by atoms with Gasteiger partial charge in [-0.25, -0.2) is 10.4 Å². The summed E-state index contributed by atoms with van der Waals surface area (Å²) in [5, 5.41) is 0. The van der Waals surface area contributed by atoms with Crippen molar-refractivity contribution in [3.63, 3.8) is 0 Å². The van der Waals surface area contributed by atoms with E-state index < -0.39 is 17.8 Å². The Bertz CT molecular complexity index is 567. The number of hydrogen-bond acceptors (Lipinski definition) is 5. The first-order valence-electron chi connectivity index (χ1n) is 5.32. The van der Waals surface area contributed by atoms with Crippen LogP contribution in [0.2, 0.25) is 0 Å². The van der Waals surface area contributed by atoms with Crippen LogP contribution >= 0.6 is 11.3 Å². The highest BCUT2D eigenvalue weighted by Crippen LogP contribution is 2.37. The summed E-state index contributed by atoms with van der Waals surface area (Å²) in [5.41, 5.74) is 3.86. The maximum Gasteiger partial charge on any atom is 0.416 e. The van der Waals surface area contributed by atoms with E-state index in [1.54, 1.807) is 12.4 Å². The number of pyridine rings is 1. The molecule has 0 spiro atoms. The number of nitrogens with two attached hydrogens (primary N) is 1. The molecule has 0 fully saturated rings. The van der Waals surface area contributed by atoms with E-state index in [1.165, 1.54) is 17.5 Å². The van der Waals surface area contributed by atoms with E-state index in [0.29, 0.717) is 10.6 Å². The largest absolute Gasteiger partial charge is 0.416 e. The summed E-state index contributed by atoms with van der Waals surface area (Å²) in [6.45, 7) is 1.72. The molecule has 0 radical (unpaired) electrons. The number of hydrogen-bond donors (Lipinski definition) is 2. The van der Waals surface area contributed by atoms with Crippen molar-refractivity contribution in [1.29, 1.82) is 0 Å². The van der Waals surface area contributed by atoms with Crippen LogP contribution in [0.4, 0.5) is 13.2 Å². The third kappa shape index (κ3) is 2.75. The lowest BCUT2D eigenvalue weighted by molar-refractivity contribution is -0.138. The lowest BCUT2D eigenvalue weighted by Crippen LogP contribution is -2.30. The van der Waals surface area contributed by atoms with Gasteiger partial charge in [-0.1, -0.05) is 0 Å². The molecular formula is C11H11F3N4S. The van der Waals surface area contributed by atoms with E-state index in [1.807, 2.05) is 0 Å². The number of thiazole rings is 1. The summed E-state index contributed by atoms with van der Waals surface area (Å²) in [4.78, 5) is 8.42. The highest BCUT2D eigenvalue weighted by Gasteiger charge is 2.36. The maximum absolute atomic E-state index is 13.0. The number of aromatic nitrogens is 2. The van der Waals surface area contributed by atoms with Crippen LogP contribution in [-0.4, -0.2) is 9.97 Å². The lowest BCUT2D eigenvalue weighted by Gasteiger charge is -2.19. The van der Waals surface area contributed by atoms with E-state index >= 15 is 0 Å². The van der Waals surface area contributed by atoms with Crippen molar-refractivity contribution in [3.05, 3.63) is 45.7 Å². The number of hydrazine groups is 1. The smallest absolute Gasteiger partial charge is 0.271 e. The zero-order valence-corrected chi connectivity index (χ0v) is 10.7. The second kappa shape index (κ2) is 5.24. The number of aryl methyl sites for hydroxylation is 1. The first-order chi connectivity index (χ1) is 8.95. The average Bonchev–Trinajstić information content (AvgIpc) is 2.76. The molecule has 0 saturated carbocycles. The van der Waals surface area contributed by atoms with Gasteiger partial charge in [-0.3, -0.25) is 10.8 Å². The van der Waals surface area contributed by atoms with Crippen molar-refractivity contribution in [2.45, 2.75) is 19.1 Å². The van der Waals surface area contributed by atoms with Crippen molar-refractivity contribution in [3.8, 4) is 0 Å². The topological polar surface area (TPSA) is 63.8 Å². The highest BCUT2D eigenvalue weighted by molar-refractivity contribution is 7.09. The second-order valence-corrected chi connectivity index (χ2v) is 4.75. The number of nitrogens with zero attached hydrogens (tertiary/aromatic N) is 2. The van der Waals surface area contributed by atoms with Gasteiger partial charge in [0.15, 0.2) is 0 Å². The first-order valence-corrected chi connectivity index (χ1v) is 6.20. The zero-order valence-electron chi connectivity index (χ0n) is 9.90. The van der Waals surface area contributed by atoms with Crippen LogP contribution in [0.3, 0.4) is 0 Å². The standard InChI is InChI=1S/C11H11F3N4S/c1-6-10(19-5-17-6)9(18-15)7-4-16-3-2-8(7)11(12,13)14/h2-5,9,18H,15H2,1H3. The Morgan fingerprint density at radius 1 is 1.42 bits per heavy atom. The van der Waals surface area contributed by atoms with Gasteiger partial charge in [-0.15, -0.1) is 11.3 Å². The predicted molar refractivity (Wildman–Crippen MR) is 65.3 cm³/mol. The van der Waals surface area contributed by atoms with Gasteiger partial charge in [0, 0.05) is 18.0 Å². The maximum atomic E-state index is 13.0. The van der Waals surface area contributed by atoms with Gasteiger partial charge in [0.2, 0.25) is 0 Å². The summed E-state index contributed by atoms with van der Waals surface area (Å²) >= 11 is 1.25. The van der Waals surface area contributed by atoms with E-state index in [0.717, 1.165) is 12.3 Å². The Balaban J connectivity index is 2.54. The molecule has 19 heavy (non-hydrogen) atoms. The Morgan fingerprint density at radius 2 is 2.16 bits per heavy atom. The number of alkyl halides is 3. The van der Waals surface area contributed by atoms with Crippen LogP contribution in [0, 0.1) is 6.92 Å². The molecule has 0 aliphatic heterocycles. The molecule has 1 atom stereocenters. The minimum Gasteiger partial charge on any atom is -0.271 e. The Kier molecular flexibility index (Phi) is 3.83. The molecule has 0 aliphatic rings. The SMILES string of the molecule is Cc1ncsc1C(NN)c1cnccc1C(F)(F)F. The summed E-state index contributed by atoms with van der Waals surface area (Å²) in [6.07, 6.45) is -2.17. The van der Waals surface area contributed by atoms with E-state index in [4.69, 9.17) is 5.84 Å². The van der Waals surface area contributed by atoms with Crippen molar-refractivity contribution in [1.82, 2.24) is 15.4 Å². The van der Waals surface area contributed by atoms with Gasteiger partial charge in [0.05, 0.1) is 27.7 Å². The van der Waals surface area contributed by atoms with Crippen LogP contribution in [0.15, 0.2) is 24.0 Å². The second-order valence-electron chi connectivity index (χ2n) is 3.86. The Labute approximate surface area is 111 Å². The van der Waals surface area contributed by atoms with Crippen LogP contribution in [-0.2, 0) is 6.18 Å². The third-order valence-electron chi connectivity index (χ3n) is 2.68. The lowest BCUT2D eigenvalue weighted by atomic mass is 10.0. The number of halogens is 3. The molecule has 0 amide bonds. The summed E-state index contributed by atoms with van der Waals surface area (Å²) in [7, 11) is 0. The third-order valence-corrected chi connectivity index (χ3v) is 3.68. The quantitative estimate of drug-likeness (QED) is 0.672. The van der Waals surface area contributed by atoms with Crippen molar-refractivity contribution < 1.29 is 13.2 Å². The summed E-state index contributed by atoms with van der Waals surface area (Å²) in [6, 6.07) is 0.161. The molecule has 1 unspecified atom stereocenters. The molecule has 102 valence electrons. The molecule has 8 heteroatoms. The highest BCUT2D eigenvalue weighted by atomic mass is 32.1. The van der Waals surface area contributed by atoms with Gasteiger partial charge < -0.3 is 0 Å². The molecule has 3 N–H and O–H groups in total. The van der Waals surface area contributed by atoms with Crippen molar-refractivity contribution in [2.75, 3.05) is 0 Å². The number of nitrogens with one attached hydrogen (secondary N) is 1. The predicted octanol–water partition coefficient (Wildman–Crippen LogP) is 2.42. The Hall–Kier alpha value is -1.51. The van der Waals surface area contributed by atoms with E-state index in [-0.39, 0.29) is 5.56 Å². The van der Waals surface area contributed by atoms with Crippen LogP contribution in [0.1, 0.15) is 27.7 Å². The van der Waals surface area contributed by atoms with Crippen LogP contribution in [0.25, 0.3) is 0 Å². The van der Waals surface area contributed by atoms with Crippen molar-refractivity contribution in [2.24, 2.45) is 5.84 Å². The first kappa shape index (κ1) is 13.9. The zero-order chi connectivity index (χ0) is 14.0. The molecule has 2 aromatic rings. The fraction of sp³-hybridized carbons (Fsp3) is 0.273. The van der Waals surface area contributed by atoms with E-state index in [2.05, 4.69) is 15.4 Å². The summed E-state index contributed by atoms with van der Waals surface area (Å²) in [5.74, 6) is 5.41. The minimum absolute atomic E-state index is 0.00940. The normalized spacial score (nSPS) is 13.5. The molecule has 2 heterocycles. The molecule has 2 aromatic heterocycles. The molecule has 0 aliphatic carbocycles. The van der Waals surface area contributed by atoms with Gasteiger partial charge in [-0.05, 0) is 13.0 Å². The fourth-order valence-corrected chi connectivity index (χ4v) is 2.67. The van der Waals surface area contributed by atoms with Crippen LogP contribution in [0.5, 0.6) is 0 Å². The molecule has 0 aromatic carbocycles. The molecule has 2 rings (SSSR count). The van der Waals surface area contributed by atoms with Gasteiger partial charge >= 0.3 is 6.18 Å². The van der Waals surface area contributed by atoms with Gasteiger partial charge in [0.1, 0.15) is 0 Å². The van der Waals surface area contributed by atoms with Gasteiger partial charge in [0.25, 0.3) is 0 Å². The Morgan fingerprint density at radius 3 is 2.68 bits per heavy atom. The average molecular weight is 288 g/mol. The van der Waals surface area contributed by atoms with E-state index in [9.17, 15) is 13.2 Å². The van der Waals surface area contributed by atoms with Gasteiger partial charge in [-0.2, -0.15) is 13.2 Å². The molecule has 4 nitrogen and oxygen atoms in total. The van der Waals surface area contributed by atoms with Crippen LogP contribution < -0.4 is 11.3 Å². The fourth-order valence-electron chi connectivity index (χ4n) is 1.79. The van der Waals surface area contributed by atoms with Crippen molar-refractivity contribution >= 4 is 11.3 Å². The summed E-state index contributed by atoms with van der Waals surface area (Å²) < 4.78 is 38.9. The monoisotopic (exact) mass is 288 g/mol. The molecule has 0 saturated heterocycles.